The third-order valence-corrected chi connectivity index (χ3v) is 3.42. The highest BCUT2D eigenvalue weighted by Gasteiger charge is 2.34. The van der Waals surface area contributed by atoms with Gasteiger partial charge in [0.1, 0.15) is 0 Å². The molecule has 0 aromatic rings. The Balaban J connectivity index is 2.57. The molecule has 0 spiro atoms. The van der Waals surface area contributed by atoms with Gasteiger partial charge < -0.3 is 5.32 Å². The van der Waals surface area contributed by atoms with Crippen molar-refractivity contribution in [2.24, 2.45) is 17.3 Å². The maximum absolute atomic E-state index is 12.3. The first-order valence-electron chi connectivity index (χ1n) is 6.91. The van der Waals surface area contributed by atoms with Crippen LogP contribution in [0, 0.1) is 17.3 Å². The monoisotopic (exact) mass is 239 g/mol. The highest BCUT2D eigenvalue weighted by atomic mass is 16.2. The van der Waals surface area contributed by atoms with Crippen molar-refractivity contribution in [1.82, 2.24) is 5.32 Å². The quantitative estimate of drug-likeness (QED) is 0.795. The van der Waals surface area contributed by atoms with Gasteiger partial charge in [-0.05, 0) is 44.9 Å². The molecule has 0 heterocycles. The van der Waals surface area contributed by atoms with Crippen LogP contribution in [0.1, 0.15) is 67.2 Å². The van der Waals surface area contributed by atoms with Gasteiger partial charge in [0.15, 0.2) is 0 Å². The van der Waals surface area contributed by atoms with Crippen molar-refractivity contribution in [3.8, 4) is 0 Å². The molecule has 0 radical (unpaired) electrons. The second kappa shape index (κ2) is 4.99. The van der Waals surface area contributed by atoms with Gasteiger partial charge in [0.05, 0.1) is 0 Å². The Labute approximate surface area is 107 Å². The van der Waals surface area contributed by atoms with Gasteiger partial charge in [0.2, 0.25) is 5.91 Å². The maximum Gasteiger partial charge on any atom is 0.224 e. The Kier molecular flexibility index (Phi) is 4.27. The van der Waals surface area contributed by atoms with E-state index < -0.39 is 0 Å². The molecule has 1 aliphatic carbocycles. The number of amides is 1. The summed E-state index contributed by atoms with van der Waals surface area (Å²) in [7, 11) is 0. The third-order valence-electron chi connectivity index (χ3n) is 3.42. The van der Waals surface area contributed by atoms with Crippen molar-refractivity contribution in [1.29, 1.82) is 0 Å². The summed E-state index contributed by atoms with van der Waals surface area (Å²) in [5.41, 5.74) is -0.0651. The highest BCUT2D eigenvalue weighted by Crippen LogP contribution is 2.38. The zero-order chi connectivity index (χ0) is 13.3. The molecule has 1 atom stereocenters. The molecule has 1 N–H and O–H groups in total. The third kappa shape index (κ3) is 5.56. The first-order chi connectivity index (χ1) is 7.59. The molecule has 17 heavy (non-hydrogen) atoms. The molecule has 0 bridgehead atoms. The molecule has 0 aromatic heterocycles. The number of rotatable bonds is 4. The Morgan fingerprint density at radius 1 is 1.18 bits per heavy atom. The van der Waals surface area contributed by atoms with E-state index in [-0.39, 0.29) is 22.8 Å². The maximum atomic E-state index is 12.3. The van der Waals surface area contributed by atoms with E-state index in [1.165, 1.54) is 19.3 Å². The fraction of sp³-hybridized carbons (Fsp3) is 0.933. The summed E-state index contributed by atoms with van der Waals surface area (Å²) in [6.07, 6.45) is 5.01. The summed E-state index contributed by atoms with van der Waals surface area (Å²) >= 11 is 0. The summed E-state index contributed by atoms with van der Waals surface area (Å²) in [6.45, 7) is 12.7. The lowest BCUT2D eigenvalue weighted by Gasteiger charge is -2.33. The van der Waals surface area contributed by atoms with Crippen LogP contribution in [0.2, 0.25) is 0 Å². The topological polar surface area (TPSA) is 29.1 Å². The Bertz CT molecular complexity index is 266. The molecule has 1 rings (SSSR count). The predicted molar refractivity (Wildman–Crippen MR) is 72.8 cm³/mol. The van der Waals surface area contributed by atoms with E-state index >= 15 is 0 Å². The second-order valence-corrected chi connectivity index (χ2v) is 7.68. The minimum atomic E-state index is -0.125. The average Bonchev–Trinajstić information content (AvgIpc) is 2.81. The first-order valence-corrected chi connectivity index (χ1v) is 6.91. The van der Waals surface area contributed by atoms with Crippen LogP contribution in [0.3, 0.4) is 0 Å². The summed E-state index contributed by atoms with van der Waals surface area (Å²) in [4.78, 5) is 12.3. The van der Waals surface area contributed by atoms with Crippen molar-refractivity contribution in [3.63, 3.8) is 0 Å². The molecular weight excluding hydrogens is 210 g/mol. The van der Waals surface area contributed by atoms with Crippen LogP contribution in [0.25, 0.3) is 0 Å². The number of hydrogen-bond donors (Lipinski definition) is 1. The molecule has 0 aromatic carbocycles. The van der Waals surface area contributed by atoms with E-state index in [2.05, 4.69) is 26.1 Å². The lowest BCUT2D eigenvalue weighted by atomic mass is 9.76. The highest BCUT2D eigenvalue weighted by molar-refractivity contribution is 5.80. The van der Waals surface area contributed by atoms with Crippen LogP contribution < -0.4 is 5.32 Å². The average molecular weight is 239 g/mol. The normalized spacial score (nSPS) is 18.9. The van der Waals surface area contributed by atoms with Crippen LogP contribution in [-0.4, -0.2) is 11.4 Å². The molecule has 100 valence electrons. The molecule has 0 saturated heterocycles. The molecule has 2 nitrogen and oxygen atoms in total. The second-order valence-electron chi connectivity index (χ2n) is 7.68. The van der Waals surface area contributed by atoms with Gasteiger partial charge in [-0.15, -0.1) is 0 Å². The van der Waals surface area contributed by atoms with Crippen LogP contribution in [0.5, 0.6) is 0 Å². The Morgan fingerprint density at radius 3 is 2.06 bits per heavy atom. The van der Waals surface area contributed by atoms with Crippen LogP contribution in [0.4, 0.5) is 0 Å². The smallest absolute Gasteiger partial charge is 0.224 e. The summed E-state index contributed by atoms with van der Waals surface area (Å²) in [5, 5.41) is 3.13. The van der Waals surface area contributed by atoms with Crippen LogP contribution in [0.15, 0.2) is 0 Å². The van der Waals surface area contributed by atoms with E-state index in [4.69, 9.17) is 0 Å². The molecule has 1 unspecified atom stereocenters. The van der Waals surface area contributed by atoms with Crippen molar-refractivity contribution in [2.75, 3.05) is 0 Å². The molecular formula is C15H29NO. The lowest BCUT2D eigenvalue weighted by molar-refractivity contribution is -0.130. The number of carbonyl (C=O) groups is 1. The lowest BCUT2D eigenvalue weighted by Crippen LogP contribution is -2.47. The van der Waals surface area contributed by atoms with E-state index in [0.29, 0.717) is 0 Å². The summed E-state index contributed by atoms with van der Waals surface area (Å²) < 4.78 is 0. The largest absolute Gasteiger partial charge is 0.351 e. The van der Waals surface area contributed by atoms with Crippen molar-refractivity contribution in [2.45, 2.75) is 72.8 Å². The SMILES string of the molecule is CC(C)(C)NC(=O)C(CCC1CC1)C(C)(C)C. The minimum Gasteiger partial charge on any atom is -0.351 e. The van der Waals surface area contributed by atoms with Crippen molar-refractivity contribution < 1.29 is 4.79 Å². The number of carbonyl (C=O) groups excluding carboxylic acids is 1. The summed E-state index contributed by atoms with van der Waals surface area (Å²) in [5.74, 6) is 1.27. The minimum absolute atomic E-state index is 0.0597. The van der Waals surface area contributed by atoms with Gasteiger partial charge in [0, 0.05) is 11.5 Å². The van der Waals surface area contributed by atoms with Gasteiger partial charge >= 0.3 is 0 Å². The van der Waals surface area contributed by atoms with E-state index in [0.717, 1.165) is 12.3 Å². The predicted octanol–water partition coefficient (Wildman–Crippen LogP) is 3.75. The summed E-state index contributed by atoms with van der Waals surface area (Å²) in [6, 6.07) is 0. The number of nitrogens with one attached hydrogen (secondary N) is 1. The zero-order valence-electron chi connectivity index (χ0n) is 12.4. The fourth-order valence-electron chi connectivity index (χ4n) is 2.22. The Hall–Kier alpha value is -0.530. The molecule has 1 aliphatic rings. The zero-order valence-corrected chi connectivity index (χ0v) is 12.4. The van der Waals surface area contributed by atoms with Gasteiger partial charge in [0.25, 0.3) is 0 Å². The molecule has 1 saturated carbocycles. The van der Waals surface area contributed by atoms with E-state index in [1.54, 1.807) is 0 Å². The molecule has 1 amide bonds. The van der Waals surface area contributed by atoms with Crippen molar-refractivity contribution in [3.05, 3.63) is 0 Å². The van der Waals surface area contributed by atoms with Gasteiger partial charge in [-0.2, -0.15) is 0 Å². The van der Waals surface area contributed by atoms with Crippen molar-refractivity contribution >= 4 is 5.91 Å². The van der Waals surface area contributed by atoms with Gasteiger partial charge in [-0.1, -0.05) is 33.6 Å². The Morgan fingerprint density at radius 2 is 1.71 bits per heavy atom. The molecule has 0 aliphatic heterocycles. The number of hydrogen-bond acceptors (Lipinski definition) is 1. The first kappa shape index (κ1) is 14.5. The van der Waals surface area contributed by atoms with Gasteiger partial charge in [-0.3, -0.25) is 4.79 Å². The van der Waals surface area contributed by atoms with Crippen LogP contribution >= 0.6 is 0 Å². The molecule has 1 fully saturated rings. The fourth-order valence-corrected chi connectivity index (χ4v) is 2.22. The van der Waals surface area contributed by atoms with Crippen LogP contribution in [-0.2, 0) is 4.79 Å². The molecule has 2 heteroatoms. The van der Waals surface area contributed by atoms with Gasteiger partial charge in [-0.25, -0.2) is 0 Å². The standard InChI is InChI=1S/C15H29NO/c1-14(2,3)12(10-9-11-7-8-11)13(17)16-15(4,5)6/h11-12H,7-10H2,1-6H3,(H,16,17). The van der Waals surface area contributed by atoms with E-state index in [1.807, 2.05) is 20.8 Å². The van der Waals surface area contributed by atoms with E-state index in [9.17, 15) is 4.79 Å².